The van der Waals surface area contributed by atoms with E-state index in [2.05, 4.69) is 209 Å². The topological polar surface area (TPSA) is 0 Å². The Morgan fingerprint density at radius 3 is 1.62 bits per heavy atom. The Morgan fingerprint density at radius 2 is 1.05 bits per heavy atom. The minimum Gasteiger partial charge on any atom is -0.366 e. The summed E-state index contributed by atoms with van der Waals surface area (Å²) in [4.78, 5) is 0. The van der Waals surface area contributed by atoms with E-state index in [1.54, 1.807) is 0 Å². The van der Waals surface area contributed by atoms with Crippen molar-refractivity contribution in [3.8, 4) is 34.1 Å². The number of allylic oxidation sites excluding steroid dienone is 4. The summed E-state index contributed by atoms with van der Waals surface area (Å²) in [5.74, 6) is 6.36. The van der Waals surface area contributed by atoms with E-state index in [9.17, 15) is 0 Å². The van der Waals surface area contributed by atoms with E-state index in [0.717, 1.165) is 17.5 Å². The standard InChI is InChI=1S/C25H26P2.C16H13Si.C15H9.2Au/c1-3-14-22(4-2)26(23-15-8-5-9-16-23)21-27(24-17-10-6-11-18-24)25-19-12-7-13-20-25;1-4-12-8-7-10-14-13-9-5-6-11-15(13)17(2,3)16(12)14;1-2-11-7-5-9-14-13-8-4-3-6-12(13)10-15(11)14;;/h3-20H,21H2,1-2H3;5-11H,2-3H3;3-9H,10H2;;/q;2*-1;2*+1/p+2/b14-3-,22-4+;;;;. The molecule has 0 saturated carbocycles. The number of fused-ring (bicyclic) bond motifs is 6. The molecule has 0 aromatic heterocycles. The van der Waals surface area contributed by atoms with Crippen molar-refractivity contribution in [2.24, 2.45) is 0 Å². The van der Waals surface area contributed by atoms with Crippen LogP contribution in [0.4, 0.5) is 0 Å². The molecule has 0 nitrogen and oxygen atoms in total. The Balaban J connectivity index is 0.000000179. The van der Waals surface area contributed by atoms with Crippen LogP contribution in [-0.4, -0.2) is 14.0 Å². The average molecular weight is 1210 g/mol. The van der Waals surface area contributed by atoms with Gasteiger partial charge in [-0.25, -0.2) is 0 Å². The third-order valence-corrected chi connectivity index (χ3v) is 22.1. The largest absolute Gasteiger partial charge is 1.00 e. The fourth-order valence-electron chi connectivity index (χ4n) is 8.61. The maximum atomic E-state index is 7.47. The second-order valence-corrected chi connectivity index (χ2v) is 25.2. The van der Waals surface area contributed by atoms with E-state index in [1.165, 1.54) is 70.9 Å². The molecule has 0 amide bonds. The average Bonchev–Trinajstić information content (AvgIpc) is 3.79. The minimum atomic E-state index is -1.63. The summed E-state index contributed by atoms with van der Waals surface area (Å²) in [7, 11) is -3.32. The molecule has 7 aromatic carbocycles. The zero-order valence-corrected chi connectivity index (χ0v) is 42.3. The molecule has 0 fully saturated rings. The van der Waals surface area contributed by atoms with Crippen molar-refractivity contribution in [2.75, 3.05) is 5.90 Å². The van der Waals surface area contributed by atoms with Crippen LogP contribution in [0.25, 0.3) is 22.3 Å². The molecule has 1 heterocycles. The molecule has 308 valence electrons. The van der Waals surface area contributed by atoms with E-state index in [1.807, 2.05) is 24.3 Å². The van der Waals surface area contributed by atoms with Crippen molar-refractivity contribution in [3.05, 3.63) is 235 Å². The fourth-order valence-corrected chi connectivity index (χ4v) is 19.8. The van der Waals surface area contributed by atoms with Gasteiger partial charge in [0.15, 0.2) is 5.90 Å². The Labute approximate surface area is 399 Å². The van der Waals surface area contributed by atoms with Gasteiger partial charge in [0.25, 0.3) is 0 Å². The van der Waals surface area contributed by atoms with Crippen LogP contribution in [0.15, 0.2) is 199 Å². The summed E-state index contributed by atoms with van der Waals surface area (Å²) in [6.07, 6.45) is 22.5. The molecular formula is C56H50Au2P2Si+2. The second kappa shape index (κ2) is 22.7. The quantitative estimate of drug-likeness (QED) is 0.0491. The van der Waals surface area contributed by atoms with E-state index in [4.69, 9.17) is 12.8 Å². The van der Waals surface area contributed by atoms with Crippen molar-refractivity contribution in [1.82, 2.24) is 0 Å². The van der Waals surface area contributed by atoms with E-state index >= 15 is 0 Å². The number of benzene rings is 7. The second-order valence-electron chi connectivity index (χ2n) is 15.3. The van der Waals surface area contributed by atoms with Crippen molar-refractivity contribution >= 4 is 50.2 Å². The predicted octanol–water partition coefficient (Wildman–Crippen LogP) is 11.4. The molecule has 0 saturated heterocycles. The summed E-state index contributed by atoms with van der Waals surface area (Å²) in [6, 6.07) is 62.7. The van der Waals surface area contributed by atoms with Crippen molar-refractivity contribution in [3.63, 3.8) is 0 Å². The molecule has 5 heteroatoms. The van der Waals surface area contributed by atoms with Crippen LogP contribution in [-0.2, 0) is 51.2 Å². The SMILES string of the molecule is C/C=C\C(=C/C)[PH+](C[PH+](c1ccccc1)c1ccccc1)c1ccccc1.[Au+].[Au+].[C-]#Cc1cccc2c1Cc1ccccc1-2.[C-]#Cc1cccc2c1[Si](C)(C)c1ccccc1-2. The molecule has 0 bridgehead atoms. The number of hydrogen-bond acceptors (Lipinski definition) is 0. The summed E-state index contributed by atoms with van der Waals surface area (Å²) >= 11 is 0. The van der Waals surface area contributed by atoms with Gasteiger partial charge in [-0.15, -0.1) is 34.0 Å². The first kappa shape index (κ1) is 47.7. The van der Waals surface area contributed by atoms with Crippen molar-refractivity contribution in [2.45, 2.75) is 33.4 Å². The van der Waals surface area contributed by atoms with Crippen LogP contribution < -0.4 is 26.3 Å². The molecular weight excluding hydrogens is 1160 g/mol. The molecule has 1 aliphatic heterocycles. The van der Waals surface area contributed by atoms with Gasteiger partial charge in [0.2, 0.25) is 0 Å². The Kier molecular flexibility index (Phi) is 17.8. The van der Waals surface area contributed by atoms with Crippen LogP contribution in [0.2, 0.25) is 13.1 Å². The molecule has 1 aliphatic carbocycles. The molecule has 1 unspecified atom stereocenters. The van der Waals surface area contributed by atoms with Gasteiger partial charge in [0.1, 0.15) is 31.8 Å². The monoisotopic (exact) mass is 1210 g/mol. The van der Waals surface area contributed by atoms with Gasteiger partial charge in [-0.2, -0.15) is 0 Å². The van der Waals surface area contributed by atoms with Crippen LogP contribution in [0.1, 0.15) is 36.1 Å². The van der Waals surface area contributed by atoms with Gasteiger partial charge >= 0.3 is 44.8 Å². The maximum Gasteiger partial charge on any atom is 1.00 e. The van der Waals surface area contributed by atoms with Crippen molar-refractivity contribution < 1.29 is 44.8 Å². The first-order chi connectivity index (χ1) is 28.9. The van der Waals surface area contributed by atoms with Gasteiger partial charge in [-0.05, 0) is 102 Å². The third kappa shape index (κ3) is 10.7. The summed E-state index contributed by atoms with van der Waals surface area (Å²) < 4.78 is 0. The molecule has 0 spiro atoms. The van der Waals surface area contributed by atoms with Crippen LogP contribution >= 0.6 is 15.8 Å². The zero-order valence-electron chi connectivity index (χ0n) is 35.0. The molecule has 7 aromatic rings. The van der Waals surface area contributed by atoms with E-state index in [-0.39, 0.29) is 44.8 Å². The maximum absolute atomic E-state index is 7.47. The molecule has 2 aliphatic rings. The first-order valence-electron chi connectivity index (χ1n) is 20.4. The Hall–Kier alpha value is -4.30. The summed E-state index contributed by atoms with van der Waals surface area (Å²) in [5, 5.41) is 8.87. The molecule has 0 N–H and O–H groups in total. The predicted molar refractivity (Wildman–Crippen MR) is 264 cm³/mol. The van der Waals surface area contributed by atoms with Gasteiger partial charge in [-0.3, -0.25) is 11.8 Å². The zero-order chi connectivity index (χ0) is 41.2. The summed E-state index contributed by atoms with van der Waals surface area (Å²) in [6.45, 7) is 9.02. The smallest absolute Gasteiger partial charge is 0.366 e. The minimum absolute atomic E-state index is 0. The van der Waals surface area contributed by atoms with Gasteiger partial charge in [-0.1, -0.05) is 147 Å². The molecule has 1 atom stereocenters. The summed E-state index contributed by atoms with van der Waals surface area (Å²) in [5.41, 5.74) is 9.74. The Bertz CT molecular complexity index is 2650. The van der Waals surface area contributed by atoms with E-state index in [0.29, 0.717) is 0 Å². The van der Waals surface area contributed by atoms with Crippen LogP contribution in [0.5, 0.6) is 0 Å². The van der Waals surface area contributed by atoms with Crippen LogP contribution in [0, 0.1) is 24.7 Å². The number of rotatable bonds is 7. The van der Waals surface area contributed by atoms with Crippen LogP contribution in [0.3, 0.4) is 0 Å². The molecule has 0 radical (unpaired) electrons. The number of hydrogen-bond donors (Lipinski definition) is 0. The third-order valence-electron chi connectivity index (χ3n) is 11.4. The van der Waals surface area contributed by atoms with Gasteiger partial charge in [0.05, 0.1) is 13.4 Å². The van der Waals surface area contributed by atoms with Crippen molar-refractivity contribution in [1.29, 1.82) is 0 Å². The normalized spacial score (nSPS) is 12.9. The molecule has 9 rings (SSSR count). The van der Waals surface area contributed by atoms with E-state index < -0.39 is 23.9 Å². The Morgan fingerprint density at radius 1 is 0.557 bits per heavy atom. The fraction of sp³-hybridized carbons (Fsp3) is 0.107. The molecule has 61 heavy (non-hydrogen) atoms. The van der Waals surface area contributed by atoms with Gasteiger partial charge < -0.3 is 12.8 Å². The van der Waals surface area contributed by atoms with Gasteiger partial charge in [0, 0.05) is 0 Å². The first-order valence-corrected chi connectivity index (χ1v) is 26.8.